The Balaban J connectivity index is 1.66. The van der Waals surface area contributed by atoms with Crippen LogP contribution in [0.25, 0.3) is 0 Å². The third-order valence-corrected chi connectivity index (χ3v) is 8.89. The second-order valence-electron chi connectivity index (χ2n) is 14.1. The van der Waals surface area contributed by atoms with E-state index in [1.807, 2.05) is 72.8 Å². The van der Waals surface area contributed by atoms with Crippen molar-refractivity contribution in [2.24, 2.45) is 0 Å². The Morgan fingerprint density at radius 2 is 0.955 bits per heavy atom. The van der Waals surface area contributed by atoms with Gasteiger partial charge in [-0.15, -0.1) is 0 Å². The number of benzene rings is 4. The van der Waals surface area contributed by atoms with Gasteiger partial charge in [-0.25, -0.2) is 9.59 Å². The standard InChI is InChI=1S/C40H44O4/c1-25-17-9-10-18-27(25)34-29-20-12-11-19-28(29)26(2)35(43-37(41)30-21-13-15-23-32(30)39(3,4)5)36(34)44-38(42)31-22-14-16-24-33(31)40(6,7)8/h9-24,26,34-36H,1-8H3/t26-,34-,35?,36?/m0/s1. The van der Waals surface area contributed by atoms with Crippen LogP contribution in [-0.4, -0.2) is 24.1 Å². The van der Waals surface area contributed by atoms with Crippen molar-refractivity contribution in [1.29, 1.82) is 0 Å². The zero-order valence-corrected chi connectivity index (χ0v) is 27.2. The predicted octanol–water partition coefficient (Wildman–Crippen LogP) is 9.29. The molecule has 0 saturated carbocycles. The van der Waals surface area contributed by atoms with Crippen LogP contribution in [0.15, 0.2) is 97.1 Å². The molecular formula is C40H44O4. The number of aryl methyl sites for hydroxylation is 1. The van der Waals surface area contributed by atoms with Gasteiger partial charge in [0.25, 0.3) is 0 Å². The van der Waals surface area contributed by atoms with Gasteiger partial charge in [-0.1, -0.05) is 133 Å². The molecule has 4 atom stereocenters. The monoisotopic (exact) mass is 588 g/mol. The minimum absolute atomic E-state index is 0.215. The number of hydrogen-bond donors (Lipinski definition) is 0. The summed E-state index contributed by atoms with van der Waals surface area (Å²) in [5.74, 6) is -1.37. The normalized spacial score (nSPS) is 20.0. The maximum atomic E-state index is 14.2. The van der Waals surface area contributed by atoms with E-state index in [-0.39, 0.29) is 22.7 Å². The number of esters is 2. The van der Waals surface area contributed by atoms with Crippen molar-refractivity contribution >= 4 is 11.9 Å². The quantitative estimate of drug-likeness (QED) is 0.218. The molecular weight excluding hydrogens is 544 g/mol. The van der Waals surface area contributed by atoms with Gasteiger partial charge in [0, 0.05) is 5.92 Å². The average Bonchev–Trinajstić information content (AvgIpc) is 2.99. The number of hydrogen-bond acceptors (Lipinski definition) is 4. The topological polar surface area (TPSA) is 52.6 Å². The van der Waals surface area contributed by atoms with Crippen molar-refractivity contribution < 1.29 is 19.1 Å². The van der Waals surface area contributed by atoms with Gasteiger partial charge in [-0.05, 0) is 63.3 Å². The molecule has 228 valence electrons. The summed E-state index contributed by atoms with van der Waals surface area (Å²) in [5, 5.41) is 0. The van der Waals surface area contributed by atoms with E-state index in [1.165, 1.54) is 0 Å². The minimum atomic E-state index is -0.757. The van der Waals surface area contributed by atoms with Gasteiger partial charge < -0.3 is 9.47 Å². The van der Waals surface area contributed by atoms with Gasteiger partial charge in [-0.2, -0.15) is 0 Å². The maximum Gasteiger partial charge on any atom is 0.338 e. The smallest absolute Gasteiger partial charge is 0.338 e. The van der Waals surface area contributed by atoms with E-state index in [0.29, 0.717) is 11.1 Å². The van der Waals surface area contributed by atoms with Crippen LogP contribution in [-0.2, 0) is 20.3 Å². The fourth-order valence-electron chi connectivity index (χ4n) is 6.63. The molecule has 0 heterocycles. The van der Waals surface area contributed by atoms with E-state index < -0.39 is 24.1 Å². The van der Waals surface area contributed by atoms with E-state index >= 15 is 0 Å². The van der Waals surface area contributed by atoms with Gasteiger partial charge in [0.15, 0.2) is 6.10 Å². The molecule has 1 aliphatic carbocycles. The Morgan fingerprint density at radius 3 is 1.45 bits per heavy atom. The SMILES string of the molecule is Cc1ccccc1[C@H]1c2ccccc2[C@H](C)C(OC(=O)c2ccccc2C(C)(C)C)C1OC(=O)c1ccccc1C(C)(C)C. The molecule has 2 unspecified atom stereocenters. The molecule has 4 aromatic carbocycles. The summed E-state index contributed by atoms with van der Waals surface area (Å²) in [6.07, 6.45) is -1.48. The molecule has 0 aliphatic heterocycles. The van der Waals surface area contributed by atoms with E-state index in [4.69, 9.17) is 9.47 Å². The lowest BCUT2D eigenvalue weighted by Gasteiger charge is -2.43. The van der Waals surface area contributed by atoms with Crippen LogP contribution in [0, 0.1) is 6.92 Å². The molecule has 44 heavy (non-hydrogen) atoms. The van der Waals surface area contributed by atoms with E-state index in [0.717, 1.165) is 33.4 Å². The highest BCUT2D eigenvalue weighted by Gasteiger charge is 2.47. The summed E-state index contributed by atoms with van der Waals surface area (Å²) < 4.78 is 13.1. The molecule has 0 radical (unpaired) electrons. The maximum absolute atomic E-state index is 14.2. The summed E-state index contributed by atoms with van der Waals surface area (Å²) in [6, 6.07) is 31.7. The molecule has 4 nitrogen and oxygen atoms in total. The van der Waals surface area contributed by atoms with Crippen LogP contribution in [0.1, 0.15) is 114 Å². The zero-order valence-electron chi connectivity index (χ0n) is 27.2. The second kappa shape index (κ2) is 12.1. The molecule has 1 aliphatic rings. The molecule has 5 rings (SSSR count). The fourth-order valence-corrected chi connectivity index (χ4v) is 6.63. The lowest BCUT2D eigenvalue weighted by molar-refractivity contribution is -0.0534. The third kappa shape index (κ3) is 6.08. The van der Waals surface area contributed by atoms with Crippen molar-refractivity contribution in [1.82, 2.24) is 0 Å². The highest BCUT2D eigenvalue weighted by Crippen LogP contribution is 2.46. The number of carbonyl (C=O) groups excluding carboxylic acids is 2. The van der Waals surface area contributed by atoms with Crippen LogP contribution in [0.5, 0.6) is 0 Å². The summed E-state index contributed by atoms with van der Waals surface area (Å²) >= 11 is 0. The first-order valence-corrected chi connectivity index (χ1v) is 15.5. The van der Waals surface area contributed by atoms with Crippen molar-refractivity contribution in [2.75, 3.05) is 0 Å². The van der Waals surface area contributed by atoms with Gasteiger partial charge in [0.1, 0.15) is 6.10 Å². The molecule has 0 bridgehead atoms. The Morgan fingerprint density at radius 1 is 0.545 bits per heavy atom. The molecule has 0 amide bonds. The number of carbonyl (C=O) groups is 2. The molecule has 4 aromatic rings. The van der Waals surface area contributed by atoms with Gasteiger partial charge in [0.2, 0.25) is 0 Å². The van der Waals surface area contributed by atoms with Gasteiger partial charge >= 0.3 is 11.9 Å². The molecule has 0 saturated heterocycles. The fraction of sp³-hybridized carbons (Fsp3) is 0.350. The summed E-state index contributed by atoms with van der Waals surface area (Å²) in [6.45, 7) is 16.7. The van der Waals surface area contributed by atoms with E-state index in [2.05, 4.69) is 79.7 Å². The zero-order chi connectivity index (χ0) is 31.8. The summed E-state index contributed by atoms with van der Waals surface area (Å²) in [4.78, 5) is 28.3. The Bertz CT molecular complexity index is 1670. The first-order chi connectivity index (χ1) is 20.8. The highest BCUT2D eigenvalue weighted by atomic mass is 16.6. The van der Waals surface area contributed by atoms with Crippen LogP contribution < -0.4 is 0 Å². The Labute approximate surface area is 262 Å². The first kappa shape index (κ1) is 31.3. The molecule has 0 aromatic heterocycles. The Kier molecular flexibility index (Phi) is 8.57. The average molecular weight is 589 g/mol. The van der Waals surface area contributed by atoms with E-state index in [9.17, 15) is 9.59 Å². The van der Waals surface area contributed by atoms with E-state index in [1.54, 1.807) is 0 Å². The van der Waals surface area contributed by atoms with Crippen molar-refractivity contribution in [2.45, 2.75) is 90.3 Å². The van der Waals surface area contributed by atoms with Crippen LogP contribution in [0.4, 0.5) is 0 Å². The predicted molar refractivity (Wildman–Crippen MR) is 177 cm³/mol. The lowest BCUT2D eigenvalue weighted by atomic mass is 9.70. The van der Waals surface area contributed by atoms with Crippen LogP contribution in [0.2, 0.25) is 0 Å². The Hall–Kier alpha value is -4.18. The van der Waals surface area contributed by atoms with Crippen LogP contribution >= 0.6 is 0 Å². The van der Waals surface area contributed by atoms with Crippen molar-refractivity contribution in [3.8, 4) is 0 Å². The summed E-state index contributed by atoms with van der Waals surface area (Å²) in [7, 11) is 0. The summed E-state index contributed by atoms with van der Waals surface area (Å²) in [5.41, 5.74) is 6.66. The van der Waals surface area contributed by atoms with Crippen molar-refractivity contribution in [3.05, 3.63) is 142 Å². The molecule has 0 fully saturated rings. The van der Waals surface area contributed by atoms with Crippen LogP contribution in [0.3, 0.4) is 0 Å². The molecule has 0 spiro atoms. The molecule has 4 heteroatoms. The van der Waals surface area contributed by atoms with Crippen molar-refractivity contribution in [3.63, 3.8) is 0 Å². The first-order valence-electron chi connectivity index (χ1n) is 15.5. The molecule has 0 N–H and O–H groups in total. The minimum Gasteiger partial charge on any atom is -0.454 e. The number of fused-ring (bicyclic) bond motifs is 1. The lowest BCUT2D eigenvalue weighted by Crippen LogP contribution is -2.47. The van der Waals surface area contributed by atoms with Gasteiger partial charge in [-0.3, -0.25) is 0 Å². The number of rotatable bonds is 5. The number of ether oxygens (including phenoxy) is 2. The second-order valence-corrected chi connectivity index (χ2v) is 14.1. The largest absolute Gasteiger partial charge is 0.454 e. The third-order valence-electron chi connectivity index (χ3n) is 8.89. The highest BCUT2D eigenvalue weighted by molar-refractivity contribution is 5.93. The van der Waals surface area contributed by atoms with Gasteiger partial charge in [0.05, 0.1) is 17.0 Å².